The quantitative estimate of drug-likeness (QED) is 0.685. The molecule has 0 heterocycles. The molecule has 1 rings (SSSR count). The van der Waals surface area contributed by atoms with Crippen LogP contribution in [0.4, 0.5) is 13.2 Å². The maximum atomic E-state index is 12.5. The zero-order chi connectivity index (χ0) is 11.6. The summed E-state index contributed by atoms with van der Waals surface area (Å²) in [6.45, 7) is 5.36. The SMILES string of the molecule is C=CC(C)c1cc(Br)cc(C(F)(F)F)c1. The fraction of sp³-hybridized carbons (Fsp3) is 0.273. The van der Waals surface area contributed by atoms with Gasteiger partial charge < -0.3 is 0 Å². The molecule has 0 nitrogen and oxygen atoms in total. The predicted molar refractivity (Wildman–Crippen MR) is 57.8 cm³/mol. The highest BCUT2D eigenvalue weighted by Gasteiger charge is 2.31. The van der Waals surface area contributed by atoms with Gasteiger partial charge in [-0.1, -0.05) is 28.9 Å². The third-order valence-corrected chi connectivity index (χ3v) is 2.58. The first-order valence-electron chi connectivity index (χ1n) is 4.35. The molecular weight excluding hydrogens is 269 g/mol. The van der Waals surface area contributed by atoms with E-state index in [2.05, 4.69) is 22.5 Å². The Kier molecular flexibility index (Phi) is 3.60. The smallest absolute Gasteiger partial charge is 0.166 e. The Hall–Kier alpha value is -0.770. The van der Waals surface area contributed by atoms with Crippen molar-refractivity contribution in [3.63, 3.8) is 0 Å². The van der Waals surface area contributed by atoms with Gasteiger partial charge in [-0.3, -0.25) is 0 Å². The van der Waals surface area contributed by atoms with Gasteiger partial charge in [0.15, 0.2) is 0 Å². The van der Waals surface area contributed by atoms with Gasteiger partial charge in [0.2, 0.25) is 0 Å². The monoisotopic (exact) mass is 278 g/mol. The second-order valence-electron chi connectivity index (χ2n) is 3.30. The standard InChI is InChI=1S/C11H10BrF3/c1-3-7(2)8-4-9(11(13,14)15)6-10(12)5-8/h3-7H,1H2,2H3. The fourth-order valence-corrected chi connectivity index (χ4v) is 1.69. The van der Waals surface area contributed by atoms with Crippen molar-refractivity contribution in [1.29, 1.82) is 0 Å². The van der Waals surface area contributed by atoms with E-state index in [0.29, 0.717) is 10.0 Å². The van der Waals surface area contributed by atoms with Gasteiger partial charge >= 0.3 is 6.18 Å². The number of hydrogen-bond donors (Lipinski definition) is 0. The van der Waals surface area contributed by atoms with Crippen LogP contribution in [0.3, 0.4) is 0 Å². The molecule has 0 radical (unpaired) electrons. The Morgan fingerprint density at radius 2 is 1.93 bits per heavy atom. The van der Waals surface area contributed by atoms with Crippen LogP contribution in [0.5, 0.6) is 0 Å². The van der Waals surface area contributed by atoms with E-state index in [1.165, 1.54) is 0 Å². The lowest BCUT2D eigenvalue weighted by Gasteiger charge is -2.12. The molecule has 1 aromatic rings. The molecule has 0 aromatic heterocycles. The third-order valence-electron chi connectivity index (χ3n) is 2.13. The van der Waals surface area contributed by atoms with Crippen molar-refractivity contribution in [2.24, 2.45) is 0 Å². The Morgan fingerprint density at radius 1 is 1.33 bits per heavy atom. The highest BCUT2D eigenvalue weighted by atomic mass is 79.9. The van der Waals surface area contributed by atoms with Gasteiger partial charge in [-0.05, 0) is 29.7 Å². The lowest BCUT2D eigenvalue weighted by atomic mass is 9.99. The van der Waals surface area contributed by atoms with Crippen LogP contribution in [0.1, 0.15) is 24.0 Å². The average Bonchev–Trinajstić information content (AvgIpc) is 2.14. The van der Waals surface area contributed by atoms with Gasteiger partial charge in [0, 0.05) is 4.47 Å². The first-order chi connectivity index (χ1) is 6.84. The van der Waals surface area contributed by atoms with Crippen molar-refractivity contribution in [3.05, 3.63) is 46.5 Å². The van der Waals surface area contributed by atoms with Crippen molar-refractivity contribution in [2.45, 2.75) is 19.0 Å². The number of rotatable bonds is 2. The molecule has 0 spiro atoms. The highest BCUT2D eigenvalue weighted by Crippen LogP contribution is 2.33. The van der Waals surface area contributed by atoms with Crippen molar-refractivity contribution < 1.29 is 13.2 Å². The van der Waals surface area contributed by atoms with Crippen LogP contribution >= 0.6 is 15.9 Å². The first-order valence-corrected chi connectivity index (χ1v) is 5.14. The molecule has 1 atom stereocenters. The van der Waals surface area contributed by atoms with E-state index in [1.807, 2.05) is 0 Å². The van der Waals surface area contributed by atoms with Crippen LogP contribution in [0.25, 0.3) is 0 Å². The molecular formula is C11H10BrF3. The summed E-state index contributed by atoms with van der Waals surface area (Å²) in [5, 5.41) is 0. The second-order valence-corrected chi connectivity index (χ2v) is 4.21. The van der Waals surface area contributed by atoms with Crippen molar-refractivity contribution in [1.82, 2.24) is 0 Å². The summed E-state index contributed by atoms with van der Waals surface area (Å²) in [7, 11) is 0. The summed E-state index contributed by atoms with van der Waals surface area (Å²) < 4.78 is 37.8. The van der Waals surface area contributed by atoms with E-state index in [4.69, 9.17) is 0 Å². The second kappa shape index (κ2) is 4.39. The van der Waals surface area contributed by atoms with E-state index in [1.54, 1.807) is 19.1 Å². The summed E-state index contributed by atoms with van der Waals surface area (Å²) in [6, 6.07) is 3.89. The van der Waals surface area contributed by atoms with Gasteiger partial charge in [-0.15, -0.1) is 6.58 Å². The maximum Gasteiger partial charge on any atom is 0.416 e. The Morgan fingerprint density at radius 3 is 2.40 bits per heavy atom. The van der Waals surface area contributed by atoms with E-state index in [9.17, 15) is 13.2 Å². The molecule has 0 bridgehead atoms. The van der Waals surface area contributed by atoms with E-state index in [0.717, 1.165) is 12.1 Å². The number of hydrogen-bond acceptors (Lipinski definition) is 0. The molecule has 0 saturated heterocycles. The molecule has 0 fully saturated rings. The Bertz CT molecular complexity index is 369. The van der Waals surface area contributed by atoms with Crippen molar-refractivity contribution >= 4 is 15.9 Å². The topological polar surface area (TPSA) is 0 Å². The van der Waals surface area contributed by atoms with Gasteiger partial charge in [-0.2, -0.15) is 13.2 Å². The summed E-state index contributed by atoms with van der Waals surface area (Å²) in [5.74, 6) is -0.0939. The maximum absolute atomic E-state index is 12.5. The van der Waals surface area contributed by atoms with E-state index < -0.39 is 11.7 Å². The predicted octanol–water partition coefficient (Wildman–Crippen LogP) is 4.76. The molecule has 0 amide bonds. The highest BCUT2D eigenvalue weighted by molar-refractivity contribution is 9.10. The number of benzene rings is 1. The molecule has 0 saturated carbocycles. The zero-order valence-electron chi connectivity index (χ0n) is 8.11. The summed E-state index contributed by atoms with van der Waals surface area (Å²) in [5.41, 5.74) is -0.0349. The van der Waals surface area contributed by atoms with Crippen LogP contribution in [0.2, 0.25) is 0 Å². The minimum absolute atomic E-state index is 0.0939. The normalized spacial score (nSPS) is 13.7. The molecule has 0 aliphatic rings. The fourth-order valence-electron chi connectivity index (χ4n) is 1.17. The molecule has 82 valence electrons. The van der Waals surface area contributed by atoms with Gasteiger partial charge in [0.05, 0.1) is 5.56 Å². The minimum atomic E-state index is -4.31. The molecule has 1 unspecified atom stereocenters. The average molecular weight is 279 g/mol. The minimum Gasteiger partial charge on any atom is -0.166 e. The van der Waals surface area contributed by atoms with Crippen LogP contribution in [-0.4, -0.2) is 0 Å². The lowest BCUT2D eigenvalue weighted by Crippen LogP contribution is -2.06. The van der Waals surface area contributed by atoms with E-state index >= 15 is 0 Å². The van der Waals surface area contributed by atoms with Crippen molar-refractivity contribution in [3.8, 4) is 0 Å². The first kappa shape index (κ1) is 12.3. The third kappa shape index (κ3) is 3.09. The Labute approximate surface area is 94.9 Å². The number of halogens is 4. The summed E-state index contributed by atoms with van der Waals surface area (Å²) in [4.78, 5) is 0. The van der Waals surface area contributed by atoms with Crippen LogP contribution < -0.4 is 0 Å². The number of alkyl halides is 3. The molecule has 1 aromatic carbocycles. The molecule has 0 aliphatic carbocycles. The largest absolute Gasteiger partial charge is 0.416 e. The summed E-state index contributed by atoms with van der Waals surface area (Å²) >= 11 is 3.07. The van der Waals surface area contributed by atoms with E-state index in [-0.39, 0.29) is 5.92 Å². The number of allylic oxidation sites excluding steroid dienone is 1. The van der Waals surface area contributed by atoms with Crippen LogP contribution in [0, 0.1) is 0 Å². The molecule has 0 aliphatic heterocycles. The summed E-state index contributed by atoms with van der Waals surface area (Å²) in [6.07, 6.45) is -2.69. The van der Waals surface area contributed by atoms with Crippen molar-refractivity contribution in [2.75, 3.05) is 0 Å². The molecule has 15 heavy (non-hydrogen) atoms. The van der Waals surface area contributed by atoms with Gasteiger partial charge in [0.25, 0.3) is 0 Å². The van der Waals surface area contributed by atoms with Gasteiger partial charge in [-0.25, -0.2) is 0 Å². The zero-order valence-corrected chi connectivity index (χ0v) is 9.69. The lowest BCUT2D eigenvalue weighted by molar-refractivity contribution is -0.137. The Balaban J connectivity index is 3.22. The molecule has 0 N–H and O–H groups in total. The van der Waals surface area contributed by atoms with Crippen LogP contribution in [0.15, 0.2) is 35.3 Å². The van der Waals surface area contributed by atoms with Gasteiger partial charge in [0.1, 0.15) is 0 Å². The molecule has 4 heteroatoms. The van der Waals surface area contributed by atoms with Crippen LogP contribution in [-0.2, 0) is 6.18 Å².